The first-order valence-electron chi connectivity index (χ1n) is 5.77. The van der Waals surface area contributed by atoms with Crippen molar-refractivity contribution in [2.45, 2.75) is 33.1 Å². The van der Waals surface area contributed by atoms with Crippen LogP contribution in [0, 0.1) is 5.92 Å². The molecule has 1 atom stereocenters. The number of aromatic amines is 1. The molecule has 2 aromatic heterocycles. The van der Waals surface area contributed by atoms with E-state index in [1.165, 1.54) is 10.8 Å². The Balaban J connectivity index is 2.01. The van der Waals surface area contributed by atoms with E-state index in [0.717, 1.165) is 19.3 Å². The number of nitrogens with one attached hydrogen (secondary N) is 2. The molecular weight excluding hydrogens is 220 g/mol. The van der Waals surface area contributed by atoms with Crippen LogP contribution in [0.3, 0.4) is 0 Å². The third kappa shape index (κ3) is 2.43. The zero-order valence-corrected chi connectivity index (χ0v) is 9.97. The van der Waals surface area contributed by atoms with Gasteiger partial charge in [-0.2, -0.15) is 9.50 Å². The maximum atomic E-state index is 11.9. The van der Waals surface area contributed by atoms with E-state index < -0.39 is 0 Å². The second-order valence-corrected chi connectivity index (χ2v) is 4.08. The zero-order valence-electron chi connectivity index (χ0n) is 9.97. The van der Waals surface area contributed by atoms with Crippen LogP contribution in [0.1, 0.15) is 33.1 Å². The van der Waals surface area contributed by atoms with Gasteiger partial charge in [0.15, 0.2) is 0 Å². The molecule has 0 aliphatic heterocycles. The number of amides is 1. The molecule has 7 heteroatoms. The van der Waals surface area contributed by atoms with Gasteiger partial charge in [-0.25, -0.2) is 0 Å². The summed E-state index contributed by atoms with van der Waals surface area (Å²) in [6, 6.07) is 0. The fraction of sp³-hybridized carbons (Fsp3) is 0.600. The van der Waals surface area contributed by atoms with Crippen LogP contribution in [0.15, 0.2) is 6.33 Å². The minimum absolute atomic E-state index is 0.0229. The normalized spacial score (nSPS) is 12.8. The third-order valence-corrected chi connectivity index (χ3v) is 2.69. The van der Waals surface area contributed by atoms with Gasteiger partial charge in [0, 0.05) is 5.92 Å². The van der Waals surface area contributed by atoms with Crippen molar-refractivity contribution in [3.8, 4) is 0 Å². The van der Waals surface area contributed by atoms with Crippen LogP contribution in [0.25, 0.3) is 5.78 Å². The quantitative estimate of drug-likeness (QED) is 0.816. The van der Waals surface area contributed by atoms with Crippen LogP contribution < -0.4 is 5.32 Å². The molecule has 7 nitrogen and oxygen atoms in total. The fourth-order valence-electron chi connectivity index (χ4n) is 1.58. The van der Waals surface area contributed by atoms with E-state index in [1.807, 2.05) is 6.92 Å². The van der Waals surface area contributed by atoms with Crippen LogP contribution in [0.2, 0.25) is 0 Å². The first-order chi connectivity index (χ1) is 8.22. The molecule has 0 fully saturated rings. The van der Waals surface area contributed by atoms with E-state index in [-0.39, 0.29) is 11.8 Å². The van der Waals surface area contributed by atoms with Crippen molar-refractivity contribution in [1.82, 2.24) is 24.8 Å². The number of hydrogen-bond donors (Lipinski definition) is 2. The number of aromatic nitrogens is 5. The molecule has 2 aromatic rings. The molecule has 2 N–H and O–H groups in total. The van der Waals surface area contributed by atoms with Gasteiger partial charge in [0.1, 0.15) is 6.33 Å². The number of nitrogens with zero attached hydrogens (tertiary/aromatic N) is 4. The number of fused-ring (bicyclic) bond motifs is 1. The molecule has 0 radical (unpaired) electrons. The second kappa shape index (κ2) is 4.94. The van der Waals surface area contributed by atoms with Crippen molar-refractivity contribution in [2.24, 2.45) is 5.92 Å². The van der Waals surface area contributed by atoms with Crippen LogP contribution in [-0.4, -0.2) is 30.7 Å². The first kappa shape index (κ1) is 11.6. The van der Waals surface area contributed by atoms with E-state index >= 15 is 0 Å². The Bertz CT molecular complexity index is 502. The average molecular weight is 236 g/mol. The van der Waals surface area contributed by atoms with E-state index in [4.69, 9.17) is 0 Å². The summed E-state index contributed by atoms with van der Waals surface area (Å²) in [6.07, 6.45) is 4.52. The highest BCUT2D eigenvalue weighted by Gasteiger charge is 2.15. The number of rotatable bonds is 5. The predicted octanol–water partition coefficient (Wildman–Crippen LogP) is 1.22. The van der Waals surface area contributed by atoms with Crippen molar-refractivity contribution in [3.63, 3.8) is 0 Å². The van der Waals surface area contributed by atoms with E-state index in [1.54, 1.807) is 0 Å². The van der Waals surface area contributed by atoms with Gasteiger partial charge in [-0.15, -0.1) is 10.2 Å². The highest BCUT2D eigenvalue weighted by atomic mass is 16.2. The number of carbonyl (C=O) groups is 1. The van der Waals surface area contributed by atoms with Crippen molar-refractivity contribution in [2.75, 3.05) is 5.32 Å². The molecule has 2 rings (SSSR count). The summed E-state index contributed by atoms with van der Waals surface area (Å²) < 4.78 is 1.53. The monoisotopic (exact) mass is 236 g/mol. The van der Waals surface area contributed by atoms with Gasteiger partial charge >= 0.3 is 0 Å². The Hall–Kier alpha value is -1.92. The molecule has 0 aliphatic rings. The molecule has 0 saturated heterocycles. The maximum Gasteiger partial charge on any atom is 0.273 e. The van der Waals surface area contributed by atoms with Gasteiger partial charge in [-0.1, -0.05) is 26.7 Å². The summed E-state index contributed by atoms with van der Waals surface area (Å²) in [7, 11) is 0. The molecule has 0 saturated carbocycles. The van der Waals surface area contributed by atoms with Gasteiger partial charge in [0.25, 0.3) is 11.7 Å². The standard InChI is InChI=1S/C10H16N6O/c1-3-4-5-7(2)8(17)13-10-15-14-9-11-6-12-16(9)10/h6-7H,3-5H2,1-2H3,(H,11,12,14)(H,13,15,17). The minimum atomic E-state index is -0.0395. The Morgan fingerprint density at radius 2 is 2.41 bits per heavy atom. The lowest BCUT2D eigenvalue weighted by molar-refractivity contribution is -0.119. The molecule has 17 heavy (non-hydrogen) atoms. The van der Waals surface area contributed by atoms with Gasteiger partial charge in [-0.3, -0.25) is 15.2 Å². The van der Waals surface area contributed by atoms with Crippen molar-refractivity contribution >= 4 is 17.6 Å². The maximum absolute atomic E-state index is 11.9. The zero-order chi connectivity index (χ0) is 12.3. The number of unbranched alkanes of at least 4 members (excludes halogenated alkanes) is 1. The van der Waals surface area contributed by atoms with Crippen LogP contribution in [0.4, 0.5) is 5.95 Å². The predicted molar refractivity (Wildman–Crippen MR) is 62.5 cm³/mol. The van der Waals surface area contributed by atoms with Crippen LogP contribution in [-0.2, 0) is 4.79 Å². The smallest absolute Gasteiger partial charge is 0.273 e. The molecule has 0 aromatic carbocycles. The van der Waals surface area contributed by atoms with Crippen LogP contribution in [0.5, 0.6) is 0 Å². The molecule has 1 unspecified atom stereocenters. The summed E-state index contributed by atoms with van der Waals surface area (Å²) in [5.41, 5.74) is 0. The van der Waals surface area contributed by atoms with Crippen molar-refractivity contribution < 1.29 is 4.79 Å². The lowest BCUT2D eigenvalue weighted by Crippen LogP contribution is -2.21. The first-order valence-corrected chi connectivity index (χ1v) is 5.77. The second-order valence-electron chi connectivity index (χ2n) is 4.08. The Morgan fingerprint density at radius 1 is 1.59 bits per heavy atom. The number of H-pyrrole nitrogens is 1. The largest absolute Gasteiger partial charge is 0.293 e. The van der Waals surface area contributed by atoms with Crippen molar-refractivity contribution in [1.29, 1.82) is 0 Å². The van der Waals surface area contributed by atoms with Gasteiger partial charge < -0.3 is 0 Å². The van der Waals surface area contributed by atoms with Gasteiger partial charge in [-0.05, 0) is 6.42 Å². The Kier molecular flexibility index (Phi) is 3.36. The van der Waals surface area contributed by atoms with Gasteiger partial charge in [0.05, 0.1) is 0 Å². The number of carbonyl (C=O) groups excluding carboxylic acids is 1. The highest BCUT2D eigenvalue weighted by molar-refractivity contribution is 5.90. The van der Waals surface area contributed by atoms with Gasteiger partial charge in [0.2, 0.25) is 5.91 Å². The fourth-order valence-corrected chi connectivity index (χ4v) is 1.58. The minimum Gasteiger partial charge on any atom is -0.293 e. The molecule has 0 aliphatic carbocycles. The molecule has 1 amide bonds. The lowest BCUT2D eigenvalue weighted by Gasteiger charge is -2.09. The number of hydrogen-bond acceptors (Lipinski definition) is 4. The molecular formula is C10H16N6O. The summed E-state index contributed by atoms with van der Waals surface area (Å²) in [6.45, 7) is 4.02. The Labute approximate surface area is 98.6 Å². The summed E-state index contributed by atoms with van der Waals surface area (Å²) in [5, 5.41) is 13.2. The van der Waals surface area contributed by atoms with E-state index in [0.29, 0.717) is 11.7 Å². The van der Waals surface area contributed by atoms with Crippen molar-refractivity contribution in [3.05, 3.63) is 6.33 Å². The summed E-state index contributed by atoms with van der Waals surface area (Å²) >= 11 is 0. The Morgan fingerprint density at radius 3 is 3.18 bits per heavy atom. The number of anilines is 1. The summed E-state index contributed by atoms with van der Waals surface area (Å²) in [4.78, 5) is 15.8. The average Bonchev–Trinajstić information content (AvgIpc) is 2.90. The molecule has 0 bridgehead atoms. The lowest BCUT2D eigenvalue weighted by atomic mass is 10.0. The highest BCUT2D eigenvalue weighted by Crippen LogP contribution is 2.11. The van der Waals surface area contributed by atoms with Crippen LogP contribution >= 0.6 is 0 Å². The topological polar surface area (TPSA) is 88.0 Å². The molecule has 92 valence electrons. The SMILES string of the molecule is CCCCC(C)C(=O)Nc1nnc2nc[nH]n12. The third-order valence-electron chi connectivity index (χ3n) is 2.69. The molecule has 0 spiro atoms. The van der Waals surface area contributed by atoms with E-state index in [9.17, 15) is 4.79 Å². The van der Waals surface area contributed by atoms with E-state index in [2.05, 4.69) is 32.5 Å². The molecule has 2 heterocycles. The summed E-state index contributed by atoms with van der Waals surface area (Å²) in [5.74, 6) is 0.764.